The zero-order valence-corrected chi connectivity index (χ0v) is 15.2. The van der Waals surface area contributed by atoms with Crippen LogP contribution in [0.25, 0.3) is 0 Å². The topological polar surface area (TPSA) is 35.2 Å². The Labute approximate surface area is 142 Å². The van der Waals surface area contributed by atoms with Gasteiger partial charge in [-0.1, -0.05) is 34.1 Å². The van der Waals surface area contributed by atoms with Gasteiger partial charge in [-0.05, 0) is 66.3 Å². The van der Waals surface area contributed by atoms with Gasteiger partial charge in [0.25, 0.3) is 0 Å². The van der Waals surface area contributed by atoms with Crippen LogP contribution in [-0.4, -0.2) is 6.10 Å². The molecule has 0 radical (unpaired) electrons. The molecule has 0 fully saturated rings. The molecule has 1 unspecified atom stereocenters. The van der Waals surface area contributed by atoms with Crippen molar-refractivity contribution in [3.05, 3.63) is 61.6 Å². The molecule has 2 rings (SSSR count). The number of hydrogen-bond donors (Lipinski definition) is 1. The Bertz CT molecular complexity index is 601. The van der Waals surface area contributed by atoms with Gasteiger partial charge in [0.1, 0.15) is 5.75 Å². The van der Waals surface area contributed by atoms with Gasteiger partial charge in [-0.3, -0.25) is 0 Å². The quantitative estimate of drug-likeness (QED) is 0.680. The molecule has 0 bridgehead atoms. The predicted molar refractivity (Wildman–Crippen MR) is 95.1 cm³/mol. The Kier molecular flexibility index (Phi) is 5.46. The minimum atomic E-state index is -0.214. The smallest absolute Gasteiger partial charge is 0.124 e. The molecule has 0 heterocycles. The molecule has 2 N–H and O–H groups in total. The van der Waals surface area contributed by atoms with Crippen molar-refractivity contribution in [2.24, 2.45) is 5.73 Å². The largest absolute Gasteiger partial charge is 0.491 e. The number of nitrogens with two attached hydrogens (primary N) is 1. The summed E-state index contributed by atoms with van der Waals surface area (Å²) in [5.41, 5.74) is 8.52. The summed E-state index contributed by atoms with van der Waals surface area (Å²) in [6.07, 6.45) is 0.128. The van der Waals surface area contributed by atoms with E-state index in [0.717, 1.165) is 21.3 Å². The third-order valence-electron chi connectivity index (χ3n) is 2.91. The highest BCUT2D eigenvalue weighted by Gasteiger charge is 2.17. The van der Waals surface area contributed by atoms with Crippen molar-refractivity contribution < 1.29 is 4.74 Å². The molecule has 2 aromatic carbocycles. The van der Waals surface area contributed by atoms with Crippen molar-refractivity contribution in [2.75, 3.05) is 0 Å². The van der Waals surface area contributed by atoms with E-state index in [1.54, 1.807) is 0 Å². The van der Waals surface area contributed by atoms with Gasteiger partial charge < -0.3 is 10.5 Å². The van der Waals surface area contributed by atoms with Crippen LogP contribution >= 0.6 is 38.5 Å². The molecule has 0 saturated heterocycles. The molecular weight excluding hydrogens is 429 g/mol. The molecular formula is C16H17BrINO. The summed E-state index contributed by atoms with van der Waals surface area (Å²) >= 11 is 5.88. The first-order chi connectivity index (χ1) is 9.49. The Hall–Kier alpha value is -0.590. The zero-order chi connectivity index (χ0) is 14.7. The summed E-state index contributed by atoms with van der Waals surface area (Å²) < 4.78 is 8.04. The molecule has 0 amide bonds. The fraction of sp³-hybridized carbons (Fsp3) is 0.250. The minimum Gasteiger partial charge on any atom is -0.491 e. The summed E-state index contributed by atoms with van der Waals surface area (Å²) in [5.74, 6) is 0.848. The summed E-state index contributed by atoms with van der Waals surface area (Å²) in [6, 6.07) is 13.9. The van der Waals surface area contributed by atoms with E-state index in [9.17, 15) is 0 Å². The van der Waals surface area contributed by atoms with E-state index in [-0.39, 0.29) is 12.1 Å². The minimum absolute atomic E-state index is 0.128. The fourth-order valence-electron chi connectivity index (χ4n) is 2.02. The first-order valence-electron chi connectivity index (χ1n) is 6.45. The lowest BCUT2D eigenvalue weighted by Gasteiger charge is -2.20. The summed E-state index contributed by atoms with van der Waals surface area (Å²) in [6.45, 7) is 4.04. The molecule has 0 aliphatic rings. The van der Waals surface area contributed by atoms with Crippen LogP contribution in [0.2, 0.25) is 0 Å². The van der Waals surface area contributed by atoms with Crippen LogP contribution in [0.1, 0.15) is 31.0 Å². The molecule has 2 aromatic rings. The third-order valence-corrected chi connectivity index (χ3v) is 4.30. The zero-order valence-electron chi connectivity index (χ0n) is 11.4. The van der Waals surface area contributed by atoms with Crippen LogP contribution in [-0.2, 0) is 0 Å². The maximum atomic E-state index is 6.45. The molecule has 106 valence electrons. The summed E-state index contributed by atoms with van der Waals surface area (Å²) in [5, 5.41) is 0. The van der Waals surface area contributed by atoms with Crippen LogP contribution < -0.4 is 10.5 Å². The molecule has 1 atom stereocenters. The second-order valence-corrected chi connectivity index (χ2v) is 6.95. The van der Waals surface area contributed by atoms with Crippen LogP contribution in [0.15, 0.2) is 46.9 Å². The Morgan fingerprint density at radius 1 is 1.10 bits per heavy atom. The lowest BCUT2D eigenvalue weighted by molar-refractivity contribution is 0.239. The van der Waals surface area contributed by atoms with E-state index >= 15 is 0 Å². The van der Waals surface area contributed by atoms with Crippen LogP contribution in [0.3, 0.4) is 0 Å². The number of halogens is 2. The SMILES string of the molecule is CC(C)Oc1ccccc1C(N)c1cc(I)ccc1Br. The van der Waals surface area contributed by atoms with Crippen molar-refractivity contribution >= 4 is 38.5 Å². The maximum Gasteiger partial charge on any atom is 0.124 e. The van der Waals surface area contributed by atoms with E-state index in [1.807, 2.05) is 44.2 Å². The van der Waals surface area contributed by atoms with Gasteiger partial charge in [-0.15, -0.1) is 0 Å². The van der Waals surface area contributed by atoms with Crippen LogP contribution in [0, 0.1) is 3.57 Å². The monoisotopic (exact) mass is 445 g/mol. The lowest BCUT2D eigenvalue weighted by Crippen LogP contribution is -2.16. The maximum absolute atomic E-state index is 6.45. The number of rotatable bonds is 4. The standard InChI is InChI=1S/C16H17BrINO/c1-10(2)20-15-6-4-3-5-12(15)16(19)13-9-11(18)7-8-14(13)17/h3-10,16H,19H2,1-2H3. The molecule has 0 aliphatic heterocycles. The summed E-state index contributed by atoms with van der Waals surface area (Å²) in [4.78, 5) is 0. The molecule has 0 saturated carbocycles. The van der Waals surface area contributed by atoms with Crippen molar-refractivity contribution in [1.29, 1.82) is 0 Å². The average Bonchev–Trinajstić information content (AvgIpc) is 2.41. The van der Waals surface area contributed by atoms with E-state index < -0.39 is 0 Å². The van der Waals surface area contributed by atoms with Crippen molar-refractivity contribution in [1.82, 2.24) is 0 Å². The van der Waals surface area contributed by atoms with Gasteiger partial charge in [0, 0.05) is 13.6 Å². The molecule has 2 nitrogen and oxygen atoms in total. The number of benzene rings is 2. The molecule has 4 heteroatoms. The number of hydrogen-bond acceptors (Lipinski definition) is 2. The molecule has 0 spiro atoms. The Morgan fingerprint density at radius 3 is 2.50 bits per heavy atom. The van der Waals surface area contributed by atoms with Gasteiger partial charge >= 0.3 is 0 Å². The molecule has 20 heavy (non-hydrogen) atoms. The highest BCUT2D eigenvalue weighted by molar-refractivity contribution is 14.1. The number of para-hydroxylation sites is 1. The fourth-order valence-corrected chi connectivity index (χ4v) is 3.03. The van der Waals surface area contributed by atoms with E-state index in [0.29, 0.717) is 0 Å². The Morgan fingerprint density at radius 2 is 1.80 bits per heavy atom. The second-order valence-electron chi connectivity index (χ2n) is 4.85. The van der Waals surface area contributed by atoms with Crippen LogP contribution in [0.4, 0.5) is 0 Å². The normalized spacial score (nSPS) is 12.5. The van der Waals surface area contributed by atoms with E-state index in [2.05, 4.69) is 50.7 Å². The first-order valence-corrected chi connectivity index (χ1v) is 8.32. The molecule has 0 aliphatic carbocycles. The average molecular weight is 446 g/mol. The lowest BCUT2D eigenvalue weighted by atomic mass is 9.99. The Balaban J connectivity index is 2.42. The third kappa shape index (κ3) is 3.74. The van der Waals surface area contributed by atoms with E-state index in [1.165, 1.54) is 3.57 Å². The van der Waals surface area contributed by atoms with Gasteiger partial charge in [-0.25, -0.2) is 0 Å². The van der Waals surface area contributed by atoms with Gasteiger partial charge in [0.2, 0.25) is 0 Å². The van der Waals surface area contributed by atoms with Gasteiger partial charge in [-0.2, -0.15) is 0 Å². The van der Waals surface area contributed by atoms with Crippen molar-refractivity contribution in [3.63, 3.8) is 0 Å². The second kappa shape index (κ2) is 6.91. The van der Waals surface area contributed by atoms with E-state index in [4.69, 9.17) is 10.5 Å². The van der Waals surface area contributed by atoms with Crippen LogP contribution in [0.5, 0.6) is 5.75 Å². The first kappa shape index (κ1) is 15.8. The highest BCUT2D eigenvalue weighted by atomic mass is 127. The van der Waals surface area contributed by atoms with Crippen molar-refractivity contribution in [2.45, 2.75) is 26.0 Å². The summed E-state index contributed by atoms with van der Waals surface area (Å²) in [7, 11) is 0. The highest BCUT2D eigenvalue weighted by Crippen LogP contribution is 2.33. The number of ether oxygens (including phenoxy) is 1. The van der Waals surface area contributed by atoms with Gasteiger partial charge in [0.05, 0.1) is 12.1 Å². The predicted octanol–water partition coefficient (Wildman–Crippen LogP) is 4.89. The van der Waals surface area contributed by atoms with Gasteiger partial charge in [0.15, 0.2) is 0 Å². The van der Waals surface area contributed by atoms with Crippen molar-refractivity contribution in [3.8, 4) is 5.75 Å². The molecule has 0 aromatic heterocycles.